The van der Waals surface area contributed by atoms with E-state index < -0.39 is 5.82 Å². The number of rotatable bonds is 5. The van der Waals surface area contributed by atoms with Crippen molar-refractivity contribution in [3.8, 4) is 5.69 Å². The zero-order chi connectivity index (χ0) is 19.4. The third-order valence-electron chi connectivity index (χ3n) is 5.42. The molecule has 144 valence electrons. The summed E-state index contributed by atoms with van der Waals surface area (Å²) in [5.41, 5.74) is 4.88. The molecule has 0 unspecified atom stereocenters. The lowest BCUT2D eigenvalue weighted by Gasteiger charge is -2.11. The van der Waals surface area contributed by atoms with Crippen LogP contribution in [-0.4, -0.2) is 25.3 Å². The van der Waals surface area contributed by atoms with Gasteiger partial charge >= 0.3 is 0 Å². The summed E-state index contributed by atoms with van der Waals surface area (Å²) in [6.45, 7) is 3.84. The smallest absolute Gasteiger partial charge is 0.269 e. The van der Waals surface area contributed by atoms with Gasteiger partial charge in [-0.1, -0.05) is 4.49 Å². The van der Waals surface area contributed by atoms with Crippen LogP contribution in [0.15, 0.2) is 18.2 Å². The molecule has 0 saturated heterocycles. The maximum Gasteiger partial charge on any atom is 0.269 e. The van der Waals surface area contributed by atoms with E-state index in [0.29, 0.717) is 33.8 Å². The zero-order valence-electron chi connectivity index (χ0n) is 15.7. The number of halogens is 1. The Labute approximate surface area is 165 Å². The Morgan fingerprint density at radius 2 is 1.96 bits per heavy atom. The molecule has 0 radical (unpaired) electrons. The molecule has 2 saturated carbocycles. The lowest BCUT2D eigenvalue weighted by Crippen LogP contribution is -2.12. The maximum absolute atomic E-state index is 15.0. The van der Waals surface area contributed by atoms with Crippen LogP contribution < -0.4 is 5.32 Å². The fourth-order valence-corrected chi connectivity index (χ4v) is 4.23. The first-order valence-corrected chi connectivity index (χ1v) is 10.3. The van der Waals surface area contributed by atoms with E-state index in [1.807, 2.05) is 0 Å². The number of carbonyl (C=O) groups is 1. The number of carbonyl (C=O) groups excluding carboxylic acids is 1. The highest BCUT2D eigenvalue weighted by Gasteiger charge is 2.36. The summed E-state index contributed by atoms with van der Waals surface area (Å²) in [6.07, 6.45) is 4.60. The molecule has 3 aromatic rings. The molecule has 0 atom stereocenters. The molecule has 5 rings (SSSR count). The molecule has 1 aromatic carbocycles. The van der Waals surface area contributed by atoms with E-state index in [1.165, 1.54) is 24.5 Å². The minimum Gasteiger partial charge on any atom is -0.321 e. The third kappa shape index (κ3) is 3.01. The van der Waals surface area contributed by atoms with E-state index in [1.54, 1.807) is 23.7 Å². The Morgan fingerprint density at radius 1 is 1.21 bits per heavy atom. The van der Waals surface area contributed by atoms with Crippen molar-refractivity contribution >= 4 is 23.1 Å². The molecule has 2 heterocycles. The maximum atomic E-state index is 15.0. The van der Waals surface area contributed by atoms with Crippen molar-refractivity contribution in [3.05, 3.63) is 51.5 Å². The van der Waals surface area contributed by atoms with Gasteiger partial charge in [0.15, 0.2) is 5.82 Å². The van der Waals surface area contributed by atoms with E-state index in [4.69, 9.17) is 5.10 Å². The standard InChI is InChI=1S/C20H20FN5OS/c1-10-17(12-3-4-12)24-26(18(10)13-5-6-13)16-8-7-14(9-15(16)21)22-20(27)19-11(2)23-25-28-19/h7-9,12-13H,3-6H2,1-2H3,(H,22,27). The minimum absolute atomic E-state index is 0.329. The average Bonchev–Trinajstić information content (AvgIpc) is 3.58. The van der Waals surface area contributed by atoms with Crippen molar-refractivity contribution in [1.82, 2.24) is 19.4 Å². The largest absolute Gasteiger partial charge is 0.321 e. The molecular formula is C20H20FN5OS. The van der Waals surface area contributed by atoms with Crippen molar-refractivity contribution in [2.45, 2.75) is 51.4 Å². The summed E-state index contributed by atoms with van der Waals surface area (Å²) in [5.74, 6) is 0.269. The van der Waals surface area contributed by atoms with E-state index in [2.05, 4.69) is 21.8 Å². The predicted octanol–water partition coefficient (Wildman–Crippen LogP) is 4.49. The van der Waals surface area contributed by atoms with Crippen LogP contribution in [0.3, 0.4) is 0 Å². The predicted molar refractivity (Wildman–Crippen MR) is 105 cm³/mol. The Bertz CT molecular complexity index is 1080. The monoisotopic (exact) mass is 397 g/mol. The molecule has 1 amide bonds. The second-order valence-electron chi connectivity index (χ2n) is 7.66. The summed E-state index contributed by atoms with van der Waals surface area (Å²) in [5, 5.41) is 11.3. The van der Waals surface area contributed by atoms with Crippen molar-refractivity contribution in [3.63, 3.8) is 0 Å². The van der Waals surface area contributed by atoms with Gasteiger partial charge in [-0.3, -0.25) is 4.79 Å². The topological polar surface area (TPSA) is 72.7 Å². The van der Waals surface area contributed by atoms with Gasteiger partial charge < -0.3 is 5.32 Å². The van der Waals surface area contributed by atoms with Crippen LogP contribution in [0.1, 0.15) is 69.8 Å². The lowest BCUT2D eigenvalue weighted by molar-refractivity contribution is 0.103. The summed E-state index contributed by atoms with van der Waals surface area (Å²) in [6, 6.07) is 4.75. The quantitative estimate of drug-likeness (QED) is 0.689. The number of aromatic nitrogens is 4. The number of benzene rings is 1. The Hall–Kier alpha value is -2.61. The zero-order valence-corrected chi connectivity index (χ0v) is 16.5. The van der Waals surface area contributed by atoms with Gasteiger partial charge in [-0.2, -0.15) is 5.10 Å². The molecule has 6 nitrogen and oxygen atoms in total. The average molecular weight is 397 g/mol. The van der Waals surface area contributed by atoms with Crippen LogP contribution in [0.2, 0.25) is 0 Å². The first kappa shape index (κ1) is 17.5. The van der Waals surface area contributed by atoms with Gasteiger partial charge in [0, 0.05) is 17.5 Å². The number of nitrogens with zero attached hydrogens (tertiary/aromatic N) is 4. The van der Waals surface area contributed by atoms with Gasteiger partial charge in [0.25, 0.3) is 5.91 Å². The molecule has 2 fully saturated rings. The Morgan fingerprint density at radius 3 is 2.57 bits per heavy atom. The molecule has 1 N–H and O–H groups in total. The van der Waals surface area contributed by atoms with Crippen LogP contribution >= 0.6 is 11.5 Å². The molecule has 0 aliphatic heterocycles. The molecule has 2 aliphatic carbocycles. The number of nitrogens with one attached hydrogen (secondary N) is 1. The van der Waals surface area contributed by atoms with Crippen molar-refractivity contribution in [2.75, 3.05) is 5.32 Å². The van der Waals surface area contributed by atoms with E-state index in [9.17, 15) is 9.18 Å². The van der Waals surface area contributed by atoms with E-state index in [0.717, 1.165) is 35.8 Å². The molecule has 2 aliphatic rings. The van der Waals surface area contributed by atoms with Crippen molar-refractivity contribution < 1.29 is 9.18 Å². The number of hydrogen-bond acceptors (Lipinski definition) is 5. The van der Waals surface area contributed by atoms with Gasteiger partial charge in [0.05, 0.1) is 17.1 Å². The first-order chi connectivity index (χ1) is 13.5. The highest BCUT2D eigenvalue weighted by Crippen LogP contribution is 2.48. The highest BCUT2D eigenvalue weighted by atomic mass is 32.1. The van der Waals surface area contributed by atoms with Crippen LogP contribution in [0.25, 0.3) is 5.69 Å². The van der Waals surface area contributed by atoms with Crippen LogP contribution in [0.4, 0.5) is 10.1 Å². The summed E-state index contributed by atoms with van der Waals surface area (Å²) >= 11 is 1.03. The van der Waals surface area contributed by atoms with Gasteiger partial charge in [-0.25, -0.2) is 9.07 Å². The van der Waals surface area contributed by atoms with E-state index >= 15 is 0 Å². The number of hydrogen-bond donors (Lipinski definition) is 1. The van der Waals surface area contributed by atoms with Crippen LogP contribution in [0.5, 0.6) is 0 Å². The highest BCUT2D eigenvalue weighted by molar-refractivity contribution is 7.08. The number of aryl methyl sites for hydroxylation is 1. The summed E-state index contributed by atoms with van der Waals surface area (Å²) in [4.78, 5) is 12.8. The van der Waals surface area contributed by atoms with Crippen LogP contribution in [-0.2, 0) is 0 Å². The number of amides is 1. The molecule has 2 aromatic heterocycles. The third-order valence-corrected chi connectivity index (χ3v) is 6.25. The minimum atomic E-state index is -0.399. The molecule has 28 heavy (non-hydrogen) atoms. The lowest BCUT2D eigenvalue weighted by atomic mass is 10.1. The summed E-state index contributed by atoms with van der Waals surface area (Å²) in [7, 11) is 0. The van der Waals surface area contributed by atoms with E-state index in [-0.39, 0.29) is 5.91 Å². The molecule has 8 heteroatoms. The second-order valence-corrected chi connectivity index (χ2v) is 8.42. The van der Waals surface area contributed by atoms with Gasteiger partial charge in [-0.05, 0) is 74.8 Å². The molecular weight excluding hydrogens is 377 g/mol. The summed E-state index contributed by atoms with van der Waals surface area (Å²) < 4.78 is 20.5. The van der Waals surface area contributed by atoms with Crippen molar-refractivity contribution in [2.24, 2.45) is 0 Å². The van der Waals surface area contributed by atoms with Gasteiger partial charge in [-0.15, -0.1) is 5.10 Å². The Balaban J connectivity index is 1.47. The second kappa shape index (κ2) is 6.48. The fraction of sp³-hybridized carbons (Fsp3) is 0.400. The van der Waals surface area contributed by atoms with Gasteiger partial charge in [0.2, 0.25) is 0 Å². The first-order valence-electron chi connectivity index (χ1n) is 9.52. The normalized spacial score (nSPS) is 16.4. The number of anilines is 1. The fourth-order valence-electron chi connectivity index (χ4n) is 3.67. The molecule has 0 bridgehead atoms. The SMILES string of the molecule is Cc1nnsc1C(=O)Nc1ccc(-n2nc(C3CC3)c(C)c2C2CC2)c(F)c1. The Kier molecular flexibility index (Phi) is 4.04. The molecule has 0 spiro atoms. The van der Waals surface area contributed by atoms with Gasteiger partial charge in [0.1, 0.15) is 10.6 Å². The van der Waals surface area contributed by atoms with Crippen LogP contribution in [0, 0.1) is 19.7 Å². The van der Waals surface area contributed by atoms with Crippen molar-refractivity contribution in [1.29, 1.82) is 0 Å².